The van der Waals surface area contributed by atoms with Gasteiger partial charge in [-0.2, -0.15) is 0 Å². The Kier molecular flexibility index (Phi) is 4.03. The zero-order valence-corrected chi connectivity index (χ0v) is 11.8. The van der Waals surface area contributed by atoms with Gasteiger partial charge in [-0.15, -0.1) is 0 Å². The number of aliphatic hydroxyl groups is 1. The van der Waals surface area contributed by atoms with Gasteiger partial charge in [-0.3, -0.25) is 0 Å². The highest BCUT2D eigenvalue weighted by atomic mass is 16.2. The summed E-state index contributed by atoms with van der Waals surface area (Å²) in [6.07, 6.45) is 6.59. The van der Waals surface area contributed by atoms with Gasteiger partial charge in [0.1, 0.15) is 17.5 Å². The van der Waals surface area contributed by atoms with Crippen molar-refractivity contribution < 1.29 is 5.11 Å². The van der Waals surface area contributed by atoms with Crippen LogP contribution in [0.15, 0.2) is 6.07 Å². The van der Waals surface area contributed by atoms with Crippen molar-refractivity contribution in [3.8, 4) is 0 Å². The summed E-state index contributed by atoms with van der Waals surface area (Å²) >= 11 is 0. The quantitative estimate of drug-likeness (QED) is 0.538. The van der Waals surface area contributed by atoms with Gasteiger partial charge in [0.2, 0.25) is 0 Å². The smallest absolute Gasteiger partial charge is 0.145 e. The van der Waals surface area contributed by atoms with E-state index in [1.807, 2.05) is 6.07 Å². The van der Waals surface area contributed by atoms with Crippen molar-refractivity contribution in [1.29, 1.82) is 0 Å². The molecule has 1 saturated heterocycles. The summed E-state index contributed by atoms with van der Waals surface area (Å²) < 4.78 is 0. The number of nitrogens with one attached hydrogen (secondary N) is 1. The monoisotopic (exact) mass is 277 g/mol. The average molecular weight is 277 g/mol. The van der Waals surface area contributed by atoms with E-state index in [9.17, 15) is 0 Å². The fourth-order valence-corrected chi connectivity index (χ4v) is 2.96. The molecule has 2 aliphatic rings. The number of hydrogen-bond donors (Lipinski definition) is 3. The predicted octanol–water partition coefficient (Wildman–Crippen LogP) is 1.38. The maximum atomic E-state index is 9.02. The van der Waals surface area contributed by atoms with Crippen LogP contribution in [0.5, 0.6) is 0 Å². The Morgan fingerprint density at radius 1 is 1.35 bits per heavy atom. The maximum Gasteiger partial charge on any atom is 0.145 e. The lowest BCUT2D eigenvalue weighted by Crippen LogP contribution is -2.30. The van der Waals surface area contributed by atoms with Crippen LogP contribution in [0.2, 0.25) is 0 Å². The second-order valence-electron chi connectivity index (χ2n) is 5.74. The minimum absolute atomic E-state index is 0.261. The van der Waals surface area contributed by atoms with Gasteiger partial charge in [-0.25, -0.2) is 15.8 Å². The van der Waals surface area contributed by atoms with Gasteiger partial charge in [-0.1, -0.05) is 0 Å². The van der Waals surface area contributed by atoms with Crippen LogP contribution in [0.25, 0.3) is 0 Å². The Hall–Kier alpha value is -1.40. The van der Waals surface area contributed by atoms with Crippen LogP contribution < -0.4 is 16.2 Å². The molecule has 0 spiro atoms. The lowest BCUT2D eigenvalue weighted by atomic mass is 10.1. The number of nitrogen functional groups attached to an aromatic ring is 1. The number of rotatable bonds is 6. The van der Waals surface area contributed by atoms with E-state index in [0.29, 0.717) is 17.8 Å². The van der Waals surface area contributed by atoms with Gasteiger partial charge in [-0.05, 0) is 38.5 Å². The number of hydrogen-bond acceptors (Lipinski definition) is 6. The van der Waals surface area contributed by atoms with E-state index in [1.54, 1.807) is 0 Å². The van der Waals surface area contributed by atoms with E-state index in [0.717, 1.165) is 31.0 Å². The Balaban J connectivity index is 1.82. The molecule has 3 rings (SSSR count). The maximum absolute atomic E-state index is 9.02. The van der Waals surface area contributed by atoms with Gasteiger partial charge in [0.25, 0.3) is 0 Å². The summed E-state index contributed by atoms with van der Waals surface area (Å²) in [7, 11) is 0. The van der Waals surface area contributed by atoms with Crippen molar-refractivity contribution >= 4 is 11.6 Å². The van der Waals surface area contributed by atoms with Crippen LogP contribution in [0.3, 0.4) is 0 Å². The third kappa shape index (κ3) is 2.86. The highest BCUT2D eigenvalue weighted by molar-refractivity contribution is 5.50. The Morgan fingerprint density at radius 3 is 2.90 bits per heavy atom. The van der Waals surface area contributed by atoms with Gasteiger partial charge < -0.3 is 15.4 Å². The molecule has 1 saturated carbocycles. The van der Waals surface area contributed by atoms with Crippen molar-refractivity contribution in [3.05, 3.63) is 11.9 Å². The zero-order valence-electron chi connectivity index (χ0n) is 11.8. The normalized spacial score (nSPS) is 22.3. The van der Waals surface area contributed by atoms with Crippen molar-refractivity contribution in [2.24, 2.45) is 5.84 Å². The Labute approximate surface area is 119 Å². The van der Waals surface area contributed by atoms with Crippen molar-refractivity contribution in [3.63, 3.8) is 0 Å². The van der Waals surface area contributed by atoms with Crippen LogP contribution in [0, 0.1) is 0 Å². The molecular weight excluding hydrogens is 254 g/mol. The molecule has 1 aliphatic carbocycles. The largest absolute Gasteiger partial charge is 0.396 e. The molecule has 2 fully saturated rings. The SMILES string of the molecule is NNc1cc(N2CCCC2CCCO)nc(C2CC2)n1. The van der Waals surface area contributed by atoms with Crippen LogP contribution in [-0.2, 0) is 0 Å². The molecule has 0 aromatic carbocycles. The van der Waals surface area contributed by atoms with E-state index in [1.165, 1.54) is 25.7 Å². The first kappa shape index (κ1) is 13.6. The van der Waals surface area contributed by atoms with E-state index >= 15 is 0 Å². The third-order valence-corrected chi connectivity index (χ3v) is 4.19. The highest BCUT2D eigenvalue weighted by Gasteiger charge is 2.30. The van der Waals surface area contributed by atoms with E-state index in [2.05, 4.69) is 15.3 Å². The fraction of sp³-hybridized carbons (Fsp3) is 0.714. The first-order chi connectivity index (χ1) is 9.81. The second-order valence-corrected chi connectivity index (χ2v) is 5.74. The lowest BCUT2D eigenvalue weighted by molar-refractivity contribution is 0.279. The minimum Gasteiger partial charge on any atom is -0.396 e. The van der Waals surface area contributed by atoms with Crippen LogP contribution in [0.4, 0.5) is 11.6 Å². The molecule has 6 heteroatoms. The lowest BCUT2D eigenvalue weighted by Gasteiger charge is -2.26. The predicted molar refractivity (Wildman–Crippen MR) is 78.5 cm³/mol. The number of nitrogens with zero attached hydrogens (tertiary/aromatic N) is 3. The molecule has 1 atom stereocenters. The first-order valence-electron chi connectivity index (χ1n) is 7.55. The van der Waals surface area contributed by atoms with Crippen molar-refractivity contribution in [1.82, 2.24) is 9.97 Å². The summed E-state index contributed by atoms with van der Waals surface area (Å²) in [6.45, 7) is 1.29. The van der Waals surface area contributed by atoms with Gasteiger partial charge in [0.15, 0.2) is 0 Å². The molecule has 0 radical (unpaired) electrons. The molecule has 0 bridgehead atoms. The third-order valence-electron chi connectivity index (χ3n) is 4.19. The van der Waals surface area contributed by atoms with Gasteiger partial charge in [0, 0.05) is 31.2 Å². The summed E-state index contributed by atoms with van der Waals surface area (Å²) in [5, 5.41) is 9.02. The van der Waals surface area contributed by atoms with Crippen molar-refractivity contribution in [2.45, 2.75) is 50.5 Å². The molecule has 1 aliphatic heterocycles. The number of aliphatic hydroxyl groups excluding tert-OH is 1. The standard InChI is InChI=1S/C14H23N5O/c15-18-12-9-13(17-14(16-12)10-5-6-10)19-7-1-3-11(19)4-2-8-20/h9-11,20H,1-8,15H2,(H,16,17,18). The minimum atomic E-state index is 0.261. The number of anilines is 2. The molecule has 6 nitrogen and oxygen atoms in total. The molecule has 0 amide bonds. The second kappa shape index (κ2) is 5.93. The summed E-state index contributed by atoms with van der Waals surface area (Å²) in [4.78, 5) is 11.6. The van der Waals surface area contributed by atoms with Crippen molar-refractivity contribution in [2.75, 3.05) is 23.5 Å². The highest BCUT2D eigenvalue weighted by Crippen LogP contribution is 2.39. The number of hydrazine groups is 1. The first-order valence-corrected chi connectivity index (χ1v) is 7.55. The zero-order chi connectivity index (χ0) is 13.9. The molecular formula is C14H23N5O. The van der Waals surface area contributed by atoms with Crippen LogP contribution in [-0.4, -0.2) is 34.3 Å². The summed E-state index contributed by atoms with van der Waals surface area (Å²) in [6, 6.07) is 2.41. The summed E-state index contributed by atoms with van der Waals surface area (Å²) in [5.74, 6) is 8.64. The summed E-state index contributed by atoms with van der Waals surface area (Å²) in [5.41, 5.74) is 2.65. The average Bonchev–Trinajstić information content (AvgIpc) is 3.23. The molecule has 4 N–H and O–H groups in total. The number of aromatic nitrogens is 2. The van der Waals surface area contributed by atoms with Gasteiger partial charge >= 0.3 is 0 Å². The molecule has 1 aromatic heterocycles. The van der Waals surface area contributed by atoms with E-state index in [4.69, 9.17) is 15.9 Å². The molecule has 1 aromatic rings. The molecule has 110 valence electrons. The van der Waals surface area contributed by atoms with Crippen LogP contribution >= 0.6 is 0 Å². The van der Waals surface area contributed by atoms with Crippen LogP contribution in [0.1, 0.15) is 50.3 Å². The molecule has 1 unspecified atom stereocenters. The number of nitrogens with two attached hydrogens (primary N) is 1. The fourth-order valence-electron chi connectivity index (χ4n) is 2.96. The molecule has 2 heterocycles. The topological polar surface area (TPSA) is 87.3 Å². The van der Waals surface area contributed by atoms with E-state index < -0.39 is 0 Å². The Bertz CT molecular complexity index is 463. The van der Waals surface area contributed by atoms with Gasteiger partial charge in [0.05, 0.1) is 0 Å². The molecule has 20 heavy (non-hydrogen) atoms. The van der Waals surface area contributed by atoms with E-state index in [-0.39, 0.29) is 6.61 Å². The Morgan fingerprint density at radius 2 is 2.20 bits per heavy atom.